The van der Waals surface area contributed by atoms with Crippen molar-refractivity contribution in [2.24, 2.45) is 0 Å². The molecule has 7 heteroatoms. The molecule has 2 rings (SSSR count). The van der Waals surface area contributed by atoms with Gasteiger partial charge in [-0.1, -0.05) is 0 Å². The van der Waals surface area contributed by atoms with Gasteiger partial charge in [-0.05, 0) is 43.3 Å². The first-order valence-corrected chi connectivity index (χ1v) is 9.02. The Kier molecular flexibility index (Phi) is 7.26. The zero-order chi connectivity index (χ0) is 19.1. The molecule has 0 spiro atoms. The molecule has 1 amide bonds. The summed E-state index contributed by atoms with van der Waals surface area (Å²) in [7, 11) is 3.14. The summed E-state index contributed by atoms with van der Waals surface area (Å²) in [5, 5.41) is 2.91. The Hall–Kier alpha value is -2.28. The molecule has 2 aromatic rings. The predicted molar refractivity (Wildman–Crippen MR) is 97.8 cm³/mol. The summed E-state index contributed by atoms with van der Waals surface area (Å²) < 4.78 is 36.6. The average Bonchev–Trinajstić information content (AvgIpc) is 2.64. The number of rotatable bonds is 8. The molecule has 26 heavy (non-hydrogen) atoms. The molecule has 0 fully saturated rings. The van der Waals surface area contributed by atoms with Crippen LogP contribution in [0.15, 0.2) is 41.3 Å². The first-order chi connectivity index (χ1) is 12.4. The highest BCUT2D eigenvalue weighted by Gasteiger charge is 2.15. The maximum atomic E-state index is 13.2. The quantitative estimate of drug-likeness (QED) is 0.691. The van der Waals surface area contributed by atoms with Gasteiger partial charge in [0.25, 0.3) is 0 Å². The van der Waals surface area contributed by atoms with Crippen molar-refractivity contribution in [1.82, 2.24) is 5.32 Å². The lowest BCUT2D eigenvalue weighted by atomic mass is 10.1. The van der Waals surface area contributed by atoms with E-state index in [2.05, 4.69) is 5.32 Å². The van der Waals surface area contributed by atoms with E-state index < -0.39 is 11.6 Å². The number of hydrogen-bond donors (Lipinski definition) is 1. The van der Waals surface area contributed by atoms with Crippen LogP contribution in [-0.4, -0.2) is 25.9 Å². The van der Waals surface area contributed by atoms with Crippen LogP contribution in [0.2, 0.25) is 0 Å². The van der Waals surface area contributed by atoms with Gasteiger partial charge in [0.15, 0.2) is 11.6 Å². The van der Waals surface area contributed by atoms with Gasteiger partial charge in [0.2, 0.25) is 5.91 Å². The normalized spacial score (nSPS) is 11.7. The molecule has 0 saturated heterocycles. The average molecular weight is 381 g/mol. The lowest BCUT2D eigenvalue weighted by molar-refractivity contribution is -0.121. The van der Waals surface area contributed by atoms with Crippen molar-refractivity contribution in [2.45, 2.75) is 24.3 Å². The molecule has 0 saturated carbocycles. The molecule has 0 aromatic heterocycles. The molecule has 0 heterocycles. The van der Waals surface area contributed by atoms with Crippen LogP contribution in [0.4, 0.5) is 8.78 Å². The number of carbonyl (C=O) groups is 1. The number of ether oxygens (including phenoxy) is 2. The highest BCUT2D eigenvalue weighted by molar-refractivity contribution is 7.99. The van der Waals surface area contributed by atoms with Crippen molar-refractivity contribution in [3.05, 3.63) is 53.6 Å². The van der Waals surface area contributed by atoms with Crippen LogP contribution in [0.25, 0.3) is 0 Å². The summed E-state index contributed by atoms with van der Waals surface area (Å²) >= 11 is 1.30. The maximum Gasteiger partial charge on any atom is 0.221 e. The molecule has 0 aliphatic heterocycles. The number of methoxy groups -OCH3 is 2. The SMILES string of the molecule is COc1ccc(OC)c([C@H](C)NC(=O)CCSc2ccc(F)c(F)c2)c1. The monoisotopic (exact) mass is 381 g/mol. The summed E-state index contributed by atoms with van der Waals surface area (Å²) in [5.74, 6) is -0.117. The van der Waals surface area contributed by atoms with Crippen LogP contribution >= 0.6 is 11.8 Å². The number of carbonyl (C=O) groups excluding carboxylic acids is 1. The zero-order valence-electron chi connectivity index (χ0n) is 14.8. The van der Waals surface area contributed by atoms with Crippen molar-refractivity contribution in [3.63, 3.8) is 0 Å². The first-order valence-electron chi connectivity index (χ1n) is 8.03. The van der Waals surface area contributed by atoms with Crippen LogP contribution < -0.4 is 14.8 Å². The number of halogens is 2. The van der Waals surface area contributed by atoms with E-state index in [1.165, 1.54) is 17.8 Å². The number of amides is 1. The molecule has 0 bridgehead atoms. The van der Waals surface area contributed by atoms with E-state index >= 15 is 0 Å². The Balaban J connectivity index is 1.90. The van der Waals surface area contributed by atoms with Crippen LogP contribution in [-0.2, 0) is 4.79 Å². The molecule has 0 aliphatic rings. The lowest BCUT2D eigenvalue weighted by Crippen LogP contribution is -2.27. The van der Waals surface area contributed by atoms with E-state index in [1.807, 2.05) is 13.0 Å². The van der Waals surface area contributed by atoms with E-state index in [9.17, 15) is 13.6 Å². The smallest absolute Gasteiger partial charge is 0.221 e. The highest BCUT2D eigenvalue weighted by atomic mass is 32.2. The molecule has 0 radical (unpaired) electrons. The highest BCUT2D eigenvalue weighted by Crippen LogP contribution is 2.29. The Morgan fingerprint density at radius 1 is 1.12 bits per heavy atom. The number of hydrogen-bond acceptors (Lipinski definition) is 4. The van der Waals surface area contributed by atoms with Crippen molar-refractivity contribution in [3.8, 4) is 11.5 Å². The van der Waals surface area contributed by atoms with Crippen molar-refractivity contribution < 1.29 is 23.0 Å². The second-order valence-electron chi connectivity index (χ2n) is 5.57. The van der Waals surface area contributed by atoms with Gasteiger partial charge in [0, 0.05) is 22.6 Å². The molecule has 4 nitrogen and oxygen atoms in total. The summed E-state index contributed by atoms with van der Waals surface area (Å²) in [5.41, 5.74) is 0.813. The van der Waals surface area contributed by atoms with Crippen LogP contribution in [0, 0.1) is 11.6 Å². The van der Waals surface area contributed by atoms with Gasteiger partial charge < -0.3 is 14.8 Å². The third kappa shape index (κ3) is 5.36. The fraction of sp³-hybridized carbons (Fsp3) is 0.316. The summed E-state index contributed by atoms with van der Waals surface area (Å²) in [6.07, 6.45) is 0.250. The van der Waals surface area contributed by atoms with Crippen LogP contribution in [0.1, 0.15) is 24.9 Å². The van der Waals surface area contributed by atoms with Crippen molar-refractivity contribution in [2.75, 3.05) is 20.0 Å². The molecule has 0 aliphatic carbocycles. The molecule has 1 atom stereocenters. The van der Waals surface area contributed by atoms with Gasteiger partial charge in [-0.3, -0.25) is 4.79 Å². The minimum absolute atomic E-state index is 0.141. The third-order valence-corrected chi connectivity index (χ3v) is 4.77. The number of nitrogens with one attached hydrogen (secondary N) is 1. The minimum atomic E-state index is -0.891. The molecule has 140 valence electrons. The predicted octanol–water partition coefficient (Wildman–Crippen LogP) is 4.34. The number of benzene rings is 2. The van der Waals surface area contributed by atoms with Gasteiger partial charge in [-0.15, -0.1) is 11.8 Å². The van der Waals surface area contributed by atoms with Crippen molar-refractivity contribution in [1.29, 1.82) is 0 Å². The van der Waals surface area contributed by atoms with Crippen LogP contribution in [0.5, 0.6) is 11.5 Å². The Morgan fingerprint density at radius 3 is 2.54 bits per heavy atom. The zero-order valence-corrected chi connectivity index (χ0v) is 15.7. The lowest BCUT2D eigenvalue weighted by Gasteiger charge is -2.18. The second kappa shape index (κ2) is 9.43. The maximum absolute atomic E-state index is 13.2. The number of thioether (sulfide) groups is 1. The molecular weight excluding hydrogens is 360 g/mol. The standard InChI is InChI=1S/C19H21F2NO3S/c1-12(15-10-13(24-2)4-7-18(15)25-3)22-19(23)8-9-26-14-5-6-16(20)17(21)11-14/h4-7,10-12H,8-9H2,1-3H3,(H,22,23)/t12-/m0/s1. The third-order valence-electron chi connectivity index (χ3n) is 3.77. The van der Waals surface area contributed by atoms with E-state index in [4.69, 9.17) is 9.47 Å². The van der Waals surface area contributed by atoms with Gasteiger partial charge in [-0.2, -0.15) is 0 Å². The fourth-order valence-corrected chi connectivity index (χ4v) is 3.27. The Bertz CT molecular complexity index is 770. The van der Waals surface area contributed by atoms with Crippen LogP contribution in [0.3, 0.4) is 0 Å². The van der Waals surface area contributed by atoms with E-state index in [0.29, 0.717) is 22.1 Å². The van der Waals surface area contributed by atoms with E-state index in [0.717, 1.165) is 17.7 Å². The first kappa shape index (κ1) is 20.0. The van der Waals surface area contributed by atoms with Crippen molar-refractivity contribution >= 4 is 17.7 Å². The molecule has 0 unspecified atom stereocenters. The van der Waals surface area contributed by atoms with Gasteiger partial charge in [0.05, 0.1) is 20.3 Å². The Labute approximate surface area is 155 Å². The molecular formula is C19H21F2NO3S. The largest absolute Gasteiger partial charge is 0.497 e. The van der Waals surface area contributed by atoms with Gasteiger partial charge >= 0.3 is 0 Å². The Morgan fingerprint density at radius 2 is 1.88 bits per heavy atom. The van der Waals surface area contributed by atoms with Gasteiger partial charge in [0.1, 0.15) is 11.5 Å². The van der Waals surface area contributed by atoms with E-state index in [1.54, 1.807) is 26.4 Å². The fourth-order valence-electron chi connectivity index (χ4n) is 2.40. The van der Waals surface area contributed by atoms with Gasteiger partial charge in [-0.25, -0.2) is 8.78 Å². The summed E-state index contributed by atoms with van der Waals surface area (Å²) in [4.78, 5) is 12.7. The minimum Gasteiger partial charge on any atom is -0.497 e. The van der Waals surface area contributed by atoms with E-state index in [-0.39, 0.29) is 18.4 Å². The topological polar surface area (TPSA) is 47.6 Å². The molecule has 2 aromatic carbocycles. The second-order valence-corrected chi connectivity index (χ2v) is 6.74. The summed E-state index contributed by atoms with van der Waals surface area (Å²) in [6.45, 7) is 1.86. The molecule has 1 N–H and O–H groups in total. The summed E-state index contributed by atoms with van der Waals surface area (Å²) in [6, 6.07) is 8.83.